The first-order valence-electron chi connectivity index (χ1n) is 8.01. The molecule has 3 rings (SSSR count). The number of rotatable bonds is 5. The Morgan fingerprint density at radius 1 is 1.31 bits per heavy atom. The van der Waals surface area contributed by atoms with Crippen LogP contribution in [0.15, 0.2) is 36.5 Å². The van der Waals surface area contributed by atoms with Crippen LogP contribution in [0.1, 0.15) is 10.4 Å². The van der Waals surface area contributed by atoms with Gasteiger partial charge in [0.15, 0.2) is 0 Å². The molecule has 0 unspecified atom stereocenters. The number of morpholine rings is 1. The van der Waals surface area contributed by atoms with Crippen LogP contribution >= 0.6 is 0 Å². The van der Waals surface area contributed by atoms with E-state index in [9.17, 15) is 14.9 Å². The molecule has 136 valence electrons. The van der Waals surface area contributed by atoms with Crippen molar-refractivity contribution in [1.82, 2.24) is 4.98 Å². The predicted molar refractivity (Wildman–Crippen MR) is 94.9 cm³/mol. The van der Waals surface area contributed by atoms with E-state index in [1.165, 1.54) is 31.5 Å². The third-order valence-corrected chi connectivity index (χ3v) is 3.99. The Bertz CT molecular complexity index is 803. The van der Waals surface area contributed by atoms with Crippen molar-refractivity contribution >= 4 is 23.1 Å². The summed E-state index contributed by atoms with van der Waals surface area (Å²) in [5.74, 6) is 0.685. The van der Waals surface area contributed by atoms with Crippen molar-refractivity contribution in [3.8, 4) is 5.75 Å². The molecule has 2 heterocycles. The Balaban J connectivity index is 1.75. The molecule has 0 saturated carbocycles. The summed E-state index contributed by atoms with van der Waals surface area (Å²) in [7, 11) is 1.43. The number of carbonyl (C=O) groups is 1. The van der Waals surface area contributed by atoms with Crippen LogP contribution in [0.5, 0.6) is 5.75 Å². The normalized spacial score (nSPS) is 14.0. The number of hydrogen-bond donors (Lipinski definition) is 1. The van der Waals surface area contributed by atoms with E-state index in [0.717, 1.165) is 18.9 Å². The highest BCUT2D eigenvalue weighted by Crippen LogP contribution is 2.29. The number of nitro groups is 1. The highest BCUT2D eigenvalue weighted by atomic mass is 16.6. The van der Waals surface area contributed by atoms with Crippen LogP contribution in [0.2, 0.25) is 0 Å². The van der Waals surface area contributed by atoms with Crippen molar-refractivity contribution in [3.63, 3.8) is 0 Å². The van der Waals surface area contributed by atoms with Crippen LogP contribution in [0.25, 0.3) is 0 Å². The molecular weight excluding hydrogens is 340 g/mol. The minimum Gasteiger partial charge on any atom is -0.495 e. The molecule has 1 amide bonds. The van der Waals surface area contributed by atoms with Gasteiger partial charge in [0.25, 0.3) is 11.6 Å². The number of ether oxygens (including phenoxy) is 2. The number of methoxy groups -OCH3 is 1. The zero-order chi connectivity index (χ0) is 18.5. The summed E-state index contributed by atoms with van der Waals surface area (Å²) >= 11 is 0. The number of non-ortho nitro benzene ring substituents is 1. The molecule has 9 heteroatoms. The average molecular weight is 358 g/mol. The summed E-state index contributed by atoms with van der Waals surface area (Å²) in [6.45, 7) is 2.81. The molecule has 0 spiro atoms. The molecule has 0 atom stereocenters. The van der Waals surface area contributed by atoms with E-state index in [1.54, 1.807) is 12.1 Å². The van der Waals surface area contributed by atoms with E-state index in [2.05, 4.69) is 15.2 Å². The van der Waals surface area contributed by atoms with Crippen molar-refractivity contribution in [2.24, 2.45) is 0 Å². The molecule has 1 aromatic heterocycles. The van der Waals surface area contributed by atoms with E-state index < -0.39 is 10.8 Å². The number of amides is 1. The highest BCUT2D eigenvalue weighted by Gasteiger charge is 2.16. The molecule has 0 aliphatic carbocycles. The standard InChI is InChI=1S/C17H18N4O5/c1-25-15-4-3-13(21(23)24)10-14(15)19-17(22)12-2-5-16(18-11-12)20-6-8-26-9-7-20/h2-5,10-11H,6-9H2,1H3,(H,19,22). The van der Waals surface area contributed by atoms with Gasteiger partial charge in [-0.05, 0) is 18.2 Å². The number of nitrogens with one attached hydrogen (secondary N) is 1. The molecule has 2 aromatic rings. The molecular formula is C17H18N4O5. The Labute approximate surface area is 149 Å². The van der Waals surface area contributed by atoms with Gasteiger partial charge in [0.2, 0.25) is 0 Å². The van der Waals surface area contributed by atoms with Crippen LogP contribution in [0, 0.1) is 10.1 Å². The number of nitro benzene ring substituents is 1. The van der Waals surface area contributed by atoms with Crippen LogP contribution in [-0.4, -0.2) is 49.2 Å². The third-order valence-electron chi connectivity index (χ3n) is 3.99. The average Bonchev–Trinajstić information content (AvgIpc) is 2.68. The molecule has 1 fully saturated rings. The second kappa shape index (κ2) is 7.79. The lowest BCUT2D eigenvalue weighted by Crippen LogP contribution is -2.36. The summed E-state index contributed by atoms with van der Waals surface area (Å²) in [5.41, 5.74) is 0.432. The van der Waals surface area contributed by atoms with Gasteiger partial charge < -0.3 is 19.7 Å². The number of hydrogen-bond acceptors (Lipinski definition) is 7. The fourth-order valence-electron chi connectivity index (χ4n) is 2.60. The molecule has 1 aliphatic heterocycles. The number of pyridine rings is 1. The van der Waals surface area contributed by atoms with Gasteiger partial charge in [-0.25, -0.2) is 4.98 Å². The largest absolute Gasteiger partial charge is 0.495 e. The van der Waals surface area contributed by atoms with E-state index in [-0.39, 0.29) is 11.4 Å². The summed E-state index contributed by atoms with van der Waals surface area (Å²) in [6, 6.07) is 7.44. The second-order valence-electron chi connectivity index (χ2n) is 5.60. The second-order valence-corrected chi connectivity index (χ2v) is 5.60. The van der Waals surface area contributed by atoms with Crippen molar-refractivity contribution in [2.75, 3.05) is 43.6 Å². The summed E-state index contributed by atoms with van der Waals surface area (Å²) in [5, 5.41) is 13.6. The van der Waals surface area contributed by atoms with Crippen molar-refractivity contribution in [1.29, 1.82) is 0 Å². The lowest BCUT2D eigenvalue weighted by molar-refractivity contribution is -0.384. The molecule has 9 nitrogen and oxygen atoms in total. The monoisotopic (exact) mass is 358 g/mol. The number of carbonyl (C=O) groups excluding carboxylic acids is 1. The van der Waals surface area contributed by atoms with E-state index >= 15 is 0 Å². The molecule has 0 bridgehead atoms. The minimum absolute atomic E-state index is 0.137. The zero-order valence-corrected chi connectivity index (χ0v) is 14.2. The molecule has 1 aliphatic rings. The van der Waals surface area contributed by atoms with E-state index in [1.807, 2.05) is 0 Å². The molecule has 26 heavy (non-hydrogen) atoms. The summed E-state index contributed by atoms with van der Waals surface area (Å²) in [4.78, 5) is 29.2. The SMILES string of the molecule is COc1ccc([N+](=O)[O-])cc1NC(=O)c1ccc(N2CCOCC2)nc1. The van der Waals surface area contributed by atoms with Gasteiger partial charge in [-0.1, -0.05) is 0 Å². The summed E-state index contributed by atoms with van der Waals surface area (Å²) in [6.07, 6.45) is 1.48. The van der Waals surface area contributed by atoms with Crippen molar-refractivity contribution in [2.45, 2.75) is 0 Å². The van der Waals surface area contributed by atoms with E-state index in [4.69, 9.17) is 9.47 Å². The minimum atomic E-state index is -0.534. The number of aromatic nitrogens is 1. The first-order valence-corrected chi connectivity index (χ1v) is 8.01. The van der Waals surface area contributed by atoms with Crippen LogP contribution in [-0.2, 0) is 4.74 Å². The highest BCUT2D eigenvalue weighted by molar-refractivity contribution is 6.05. The maximum atomic E-state index is 12.4. The Morgan fingerprint density at radius 2 is 2.08 bits per heavy atom. The number of nitrogens with zero attached hydrogens (tertiary/aromatic N) is 3. The van der Waals surface area contributed by atoms with Crippen LogP contribution < -0.4 is 15.0 Å². The topological polar surface area (TPSA) is 107 Å². The van der Waals surface area contributed by atoms with Crippen LogP contribution in [0.3, 0.4) is 0 Å². The maximum Gasteiger partial charge on any atom is 0.271 e. The fourth-order valence-corrected chi connectivity index (χ4v) is 2.60. The van der Waals surface area contributed by atoms with Gasteiger partial charge in [-0.2, -0.15) is 0 Å². The van der Waals surface area contributed by atoms with Gasteiger partial charge in [0.05, 0.1) is 36.5 Å². The molecule has 1 N–H and O–H groups in total. The van der Waals surface area contributed by atoms with Gasteiger partial charge in [-0.15, -0.1) is 0 Å². The summed E-state index contributed by atoms with van der Waals surface area (Å²) < 4.78 is 10.4. The maximum absolute atomic E-state index is 12.4. The first kappa shape index (κ1) is 17.6. The Hall–Kier alpha value is -3.20. The molecule has 1 saturated heterocycles. The smallest absolute Gasteiger partial charge is 0.271 e. The lowest BCUT2D eigenvalue weighted by Gasteiger charge is -2.27. The number of anilines is 2. The van der Waals surface area contributed by atoms with Crippen molar-refractivity contribution in [3.05, 3.63) is 52.2 Å². The quantitative estimate of drug-likeness (QED) is 0.644. The molecule has 1 aromatic carbocycles. The van der Waals surface area contributed by atoms with Crippen molar-refractivity contribution < 1.29 is 19.2 Å². The van der Waals surface area contributed by atoms with Gasteiger partial charge >= 0.3 is 0 Å². The third kappa shape index (κ3) is 3.89. The first-order chi connectivity index (χ1) is 12.6. The zero-order valence-electron chi connectivity index (χ0n) is 14.2. The Morgan fingerprint density at radius 3 is 2.69 bits per heavy atom. The van der Waals surface area contributed by atoms with E-state index in [0.29, 0.717) is 24.5 Å². The molecule has 0 radical (unpaired) electrons. The lowest BCUT2D eigenvalue weighted by atomic mass is 10.2. The number of benzene rings is 1. The Kier molecular flexibility index (Phi) is 5.28. The fraction of sp³-hybridized carbons (Fsp3) is 0.294. The predicted octanol–water partition coefficient (Wildman–Crippen LogP) is 2.09. The van der Waals surface area contributed by atoms with Crippen LogP contribution in [0.4, 0.5) is 17.2 Å². The van der Waals surface area contributed by atoms with Gasteiger partial charge in [0.1, 0.15) is 11.6 Å². The van der Waals surface area contributed by atoms with Gasteiger partial charge in [0, 0.05) is 31.4 Å². The van der Waals surface area contributed by atoms with Gasteiger partial charge in [-0.3, -0.25) is 14.9 Å².